The van der Waals surface area contributed by atoms with Gasteiger partial charge in [-0.2, -0.15) is 0 Å². The second-order valence-corrected chi connectivity index (χ2v) is 3.11. The van der Waals surface area contributed by atoms with Crippen molar-refractivity contribution in [2.24, 2.45) is 5.73 Å². The van der Waals surface area contributed by atoms with Crippen LogP contribution in [0.4, 0.5) is 5.69 Å². The van der Waals surface area contributed by atoms with Gasteiger partial charge in [-0.25, -0.2) is 0 Å². The Balaban J connectivity index is 3.49. The van der Waals surface area contributed by atoms with E-state index in [0.717, 1.165) is 6.07 Å². The lowest BCUT2D eigenvalue weighted by molar-refractivity contribution is -0.138. The van der Waals surface area contributed by atoms with E-state index in [1.54, 1.807) is 0 Å². The van der Waals surface area contributed by atoms with Crippen LogP contribution >= 0.6 is 11.6 Å². The van der Waals surface area contributed by atoms with Crippen LogP contribution in [0.15, 0.2) is 18.2 Å². The molecule has 0 radical (unpaired) electrons. The van der Waals surface area contributed by atoms with Gasteiger partial charge in [0.15, 0.2) is 5.78 Å². The third kappa shape index (κ3) is 2.95. The SMILES string of the molecule is [2H]c1cc(C(=O)C([2H])([2H])C([2H])(N)C(=O)O)c(N)c([2H])c1Cl. The molecule has 0 aromatic heterocycles. The van der Waals surface area contributed by atoms with Gasteiger partial charge in [-0.3, -0.25) is 9.59 Å². The Kier molecular flexibility index (Phi) is 2.13. The lowest BCUT2D eigenvalue weighted by Crippen LogP contribution is -2.32. The largest absolute Gasteiger partial charge is 0.480 e. The third-order valence-electron chi connectivity index (χ3n) is 1.60. The summed E-state index contributed by atoms with van der Waals surface area (Å²) in [4.78, 5) is 23.0. The minimum absolute atomic E-state index is 0.340. The summed E-state index contributed by atoms with van der Waals surface area (Å²) < 4.78 is 37.3. The van der Waals surface area contributed by atoms with Gasteiger partial charge >= 0.3 is 5.97 Å². The second-order valence-electron chi connectivity index (χ2n) is 2.73. The predicted molar refractivity (Wildman–Crippen MR) is 60.4 cm³/mol. The first kappa shape index (κ1) is 6.88. The van der Waals surface area contributed by atoms with Crippen LogP contribution in [0.3, 0.4) is 0 Å². The summed E-state index contributed by atoms with van der Waals surface area (Å²) in [5.74, 6) is -3.57. The van der Waals surface area contributed by atoms with Crippen LogP contribution in [-0.2, 0) is 4.79 Å². The normalized spacial score (nSPS) is 19.5. The number of carboxylic acid groups (broad SMARTS) is 1. The van der Waals surface area contributed by atoms with Crippen molar-refractivity contribution in [2.45, 2.75) is 12.4 Å². The summed E-state index contributed by atoms with van der Waals surface area (Å²) in [6.45, 7) is 0. The number of hydrogen-bond acceptors (Lipinski definition) is 4. The average molecular weight is 248 g/mol. The Morgan fingerprint density at radius 3 is 2.94 bits per heavy atom. The molecule has 0 fully saturated rings. The van der Waals surface area contributed by atoms with Crippen molar-refractivity contribution >= 4 is 29.0 Å². The summed E-state index contributed by atoms with van der Waals surface area (Å²) in [6, 6.07) is -3.49. The Bertz CT molecular complexity index is 636. The van der Waals surface area contributed by atoms with Gasteiger partial charge in [0, 0.05) is 25.4 Å². The molecule has 1 aromatic carbocycles. The number of aliphatic carboxylic acids is 1. The van der Waals surface area contributed by atoms with Crippen LogP contribution < -0.4 is 11.5 Å². The molecular formula is C10H11ClN2O3. The number of rotatable bonds is 4. The van der Waals surface area contributed by atoms with Crippen LogP contribution in [0.1, 0.15) is 23.6 Å². The van der Waals surface area contributed by atoms with Crippen LogP contribution in [0.2, 0.25) is 5.02 Å². The molecular weight excluding hydrogens is 232 g/mol. The van der Waals surface area contributed by atoms with Gasteiger partial charge in [-0.1, -0.05) is 11.6 Å². The number of ketones is 1. The minimum atomic E-state index is -3.33. The number of Topliss-reactive ketones (excluding diaryl/α,β-unsaturated/α-hetero) is 1. The molecule has 0 saturated heterocycles. The predicted octanol–water partition coefficient (Wildman–Crippen LogP) is 0.907. The zero-order valence-electron chi connectivity index (χ0n) is 12.9. The summed E-state index contributed by atoms with van der Waals surface area (Å²) in [6.07, 6.45) is -3.33. The summed E-state index contributed by atoms with van der Waals surface area (Å²) in [5.41, 5.74) is 9.37. The van der Waals surface area contributed by atoms with Gasteiger partial charge in [0.25, 0.3) is 0 Å². The van der Waals surface area contributed by atoms with Crippen LogP contribution in [0.25, 0.3) is 0 Å². The molecule has 86 valence electrons. The number of nitrogens with two attached hydrogens (primary N) is 2. The highest BCUT2D eigenvalue weighted by Gasteiger charge is 2.18. The fourth-order valence-corrected chi connectivity index (χ4v) is 1.02. The number of carboxylic acids is 1. The van der Waals surface area contributed by atoms with E-state index in [4.69, 9.17) is 35.0 Å². The molecule has 6 heteroatoms. The average Bonchev–Trinajstić information content (AvgIpc) is 2.39. The maximum atomic E-state index is 12.1. The number of hydrogen-bond donors (Lipinski definition) is 3. The number of anilines is 1. The first-order chi connectivity index (χ1) is 9.35. The molecule has 1 rings (SSSR count). The zero-order chi connectivity index (χ0) is 16.7. The smallest absolute Gasteiger partial charge is 0.320 e. The van der Waals surface area contributed by atoms with Crippen molar-refractivity contribution < 1.29 is 21.5 Å². The molecule has 1 unspecified atom stereocenters. The molecule has 0 bridgehead atoms. The van der Waals surface area contributed by atoms with E-state index in [9.17, 15) is 9.59 Å². The van der Waals surface area contributed by atoms with Crippen molar-refractivity contribution in [1.29, 1.82) is 0 Å². The number of nitrogen functional groups attached to an aromatic ring is 1. The highest BCUT2D eigenvalue weighted by Crippen LogP contribution is 2.19. The third-order valence-corrected chi connectivity index (χ3v) is 1.80. The van der Waals surface area contributed by atoms with Crippen molar-refractivity contribution in [1.82, 2.24) is 0 Å². The van der Waals surface area contributed by atoms with Crippen molar-refractivity contribution in [3.63, 3.8) is 0 Å². The summed E-state index contributed by atoms with van der Waals surface area (Å²) >= 11 is 5.60. The van der Waals surface area contributed by atoms with Gasteiger partial charge in [0.05, 0.1) is 4.11 Å². The monoisotopic (exact) mass is 247 g/mol. The first-order valence-electron chi connectivity index (χ1n) is 6.48. The molecule has 1 aromatic rings. The number of halogens is 1. The van der Waals surface area contributed by atoms with Crippen LogP contribution in [0.5, 0.6) is 0 Å². The van der Waals surface area contributed by atoms with E-state index in [2.05, 4.69) is 0 Å². The molecule has 0 amide bonds. The standard InChI is InChI=1S/C10H11ClN2O3/c11-5-1-2-6(7(12)3-5)9(14)4-8(13)10(15)16/h1-3,8H,4,12-13H2,(H,15,16)/i1D,3D,4D2,8D. The van der Waals surface area contributed by atoms with E-state index < -0.39 is 47.5 Å². The Morgan fingerprint density at radius 1 is 1.75 bits per heavy atom. The van der Waals surface area contributed by atoms with Crippen LogP contribution in [-0.4, -0.2) is 22.9 Å². The number of benzene rings is 1. The van der Waals surface area contributed by atoms with Gasteiger partial charge in [-0.15, -0.1) is 0 Å². The molecule has 0 heterocycles. The highest BCUT2D eigenvalue weighted by atomic mass is 35.5. The Morgan fingerprint density at radius 2 is 2.38 bits per heavy atom. The molecule has 0 saturated carbocycles. The maximum Gasteiger partial charge on any atom is 0.320 e. The lowest BCUT2D eigenvalue weighted by Gasteiger charge is -2.07. The van der Waals surface area contributed by atoms with Crippen LogP contribution in [0, 0.1) is 0 Å². The number of carbonyl (C=O) groups excluding carboxylic acids is 1. The number of carbonyl (C=O) groups is 2. The molecule has 0 aliphatic rings. The summed E-state index contributed by atoms with van der Waals surface area (Å²) in [7, 11) is 0. The van der Waals surface area contributed by atoms with Crippen molar-refractivity contribution in [3.8, 4) is 0 Å². The Labute approximate surface area is 104 Å². The molecule has 16 heavy (non-hydrogen) atoms. The second kappa shape index (κ2) is 4.96. The van der Waals surface area contributed by atoms with E-state index in [0.29, 0.717) is 0 Å². The fraction of sp³-hybridized carbons (Fsp3) is 0.200. The molecule has 0 aliphatic heterocycles. The summed E-state index contributed by atoms with van der Waals surface area (Å²) in [5, 5.41) is 8.42. The molecule has 0 spiro atoms. The Hall–Kier alpha value is -1.59. The van der Waals surface area contributed by atoms with E-state index in [-0.39, 0.29) is 5.02 Å². The lowest BCUT2D eigenvalue weighted by atomic mass is 10.0. The van der Waals surface area contributed by atoms with Crippen molar-refractivity contribution in [2.75, 3.05) is 5.73 Å². The first-order valence-corrected chi connectivity index (χ1v) is 4.35. The van der Waals surface area contributed by atoms with E-state index in [1.807, 2.05) is 0 Å². The molecule has 5 nitrogen and oxygen atoms in total. The molecule has 1 atom stereocenters. The van der Waals surface area contributed by atoms with Gasteiger partial charge in [0.2, 0.25) is 0 Å². The van der Waals surface area contributed by atoms with Gasteiger partial charge in [0.1, 0.15) is 6.02 Å². The zero-order valence-corrected chi connectivity index (χ0v) is 8.63. The fourth-order valence-electron chi connectivity index (χ4n) is 0.866. The van der Waals surface area contributed by atoms with Gasteiger partial charge < -0.3 is 16.6 Å². The van der Waals surface area contributed by atoms with E-state index in [1.165, 1.54) is 0 Å². The van der Waals surface area contributed by atoms with E-state index >= 15 is 0 Å². The highest BCUT2D eigenvalue weighted by molar-refractivity contribution is 6.31. The quantitative estimate of drug-likeness (QED) is 0.542. The van der Waals surface area contributed by atoms with Crippen molar-refractivity contribution in [3.05, 3.63) is 28.7 Å². The minimum Gasteiger partial charge on any atom is -0.480 e. The van der Waals surface area contributed by atoms with Gasteiger partial charge in [-0.05, 0) is 18.2 Å². The topological polar surface area (TPSA) is 106 Å². The molecule has 5 N–H and O–H groups in total. The molecule has 0 aliphatic carbocycles. The maximum absolute atomic E-state index is 12.1.